The van der Waals surface area contributed by atoms with Crippen LogP contribution < -0.4 is 10.2 Å². The third kappa shape index (κ3) is 4.19. The maximum absolute atomic E-state index is 13.0. The fourth-order valence-corrected chi connectivity index (χ4v) is 3.75. The molecule has 3 rings (SSSR count). The summed E-state index contributed by atoms with van der Waals surface area (Å²) in [6.07, 6.45) is 9.56. The lowest BCUT2D eigenvalue weighted by Gasteiger charge is -2.36. The molecule has 1 saturated heterocycles. The van der Waals surface area contributed by atoms with Crippen molar-refractivity contribution in [1.29, 1.82) is 0 Å². The molecule has 2 nitrogen and oxygen atoms in total. The second-order valence-electron chi connectivity index (χ2n) is 6.67. The maximum atomic E-state index is 13.0. The van der Waals surface area contributed by atoms with Gasteiger partial charge in [0, 0.05) is 24.8 Å². The minimum absolute atomic E-state index is 0.150. The molecule has 2 fully saturated rings. The molecule has 1 unspecified atom stereocenters. The van der Waals surface area contributed by atoms with Crippen LogP contribution in [0, 0.1) is 11.7 Å². The Kier molecular flexibility index (Phi) is 5.13. The fourth-order valence-electron chi connectivity index (χ4n) is 3.75. The number of piperidine rings is 1. The van der Waals surface area contributed by atoms with Crippen molar-refractivity contribution in [2.45, 2.75) is 51.0 Å². The van der Waals surface area contributed by atoms with E-state index in [1.165, 1.54) is 51.5 Å². The smallest absolute Gasteiger partial charge is 0.123 e. The van der Waals surface area contributed by atoms with Gasteiger partial charge in [-0.3, -0.25) is 0 Å². The molecule has 21 heavy (non-hydrogen) atoms. The van der Waals surface area contributed by atoms with Gasteiger partial charge in [0.1, 0.15) is 5.82 Å². The lowest BCUT2D eigenvalue weighted by molar-refractivity contribution is 0.314. The van der Waals surface area contributed by atoms with Crippen molar-refractivity contribution in [2.75, 3.05) is 24.5 Å². The second-order valence-corrected chi connectivity index (χ2v) is 6.67. The van der Waals surface area contributed by atoms with Gasteiger partial charge < -0.3 is 10.2 Å². The lowest BCUT2D eigenvalue weighted by atomic mass is 9.89. The Bertz CT molecular complexity index is 425. The summed E-state index contributed by atoms with van der Waals surface area (Å²) in [6.45, 7) is 3.33. The SMILES string of the molecule is Fc1ccc(N2CCCC(NCC3CCCCC3)C2)cc1. The van der Waals surface area contributed by atoms with Crippen LogP contribution in [0.2, 0.25) is 0 Å². The minimum Gasteiger partial charge on any atom is -0.370 e. The number of halogens is 1. The Balaban J connectivity index is 1.49. The Morgan fingerprint density at radius 1 is 1.00 bits per heavy atom. The highest BCUT2D eigenvalue weighted by atomic mass is 19.1. The van der Waals surface area contributed by atoms with Crippen LogP contribution in [-0.2, 0) is 0 Å². The second kappa shape index (κ2) is 7.26. The summed E-state index contributed by atoms with van der Waals surface area (Å²) in [5, 5.41) is 3.79. The predicted molar refractivity (Wildman–Crippen MR) is 86.2 cm³/mol. The van der Waals surface area contributed by atoms with E-state index < -0.39 is 0 Å². The van der Waals surface area contributed by atoms with E-state index in [1.807, 2.05) is 12.1 Å². The number of hydrogen-bond acceptors (Lipinski definition) is 2. The predicted octanol–water partition coefficient (Wildman–Crippen LogP) is 3.96. The van der Waals surface area contributed by atoms with E-state index in [0.29, 0.717) is 6.04 Å². The van der Waals surface area contributed by atoms with Crippen LogP contribution in [0.3, 0.4) is 0 Å². The largest absolute Gasteiger partial charge is 0.370 e. The monoisotopic (exact) mass is 290 g/mol. The molecule has 1 saturated carbocycles. The average Bonchev–Trinajstić information content (AvgIpc) is 2.55. The van der Waals surface area contributed by atoms with Gasteiger partial charge >= 0.3 is 0 Å². The lowest BCUT2D eigenvalue weighted by Crippen LogP contribution is -2.47. The Hall–Kier alpha value is -1.09. The number of hydrogen-bond donors (Lipinski definition) is 1. The van der Waals surface area contributed by atoms with Gasteiger partial charge in [0.15, 0.2) is 0 Å². The summed E-state index contributed by atoms with van der Waals surface area (Å²) in [4.78, 5) is 2.39. The van der Waals surface area contributed by atoms with Gasteiger partial charge in [0.25, 0.3) is 0 Å². The number of nitrogens with one attached hydrogen (secondary N) is 1. The number of anilines is 1. The van der Waals surface area contributed by atoms with Crippen molar-refractivity contribution in [3.8, 4) is 0 Å². The van der Waals surface area contributed by atoms with Crippen LogP contribution in [0.25, 0.3) is 0 Å². The van der Waals surface area contributed by atoms with E-state index in [9.17, 15) is 4.39 Å². The number of rotatable bonds is 4. The van der Waals surface area contributed by atoms with E-state index in [0.717, 1.165) is 24.7 Å². The van der Waals surface area contributed by atoms with Crippen molar-refractivity contribution in [3.05, 3.63) is 30.1 Å². The summed E-state index contributed by atoms with van der Waals surface area (Å²) < 4.78 is 13.0. The molecule has 1 atom stereocenters. The Labute approximate surface area is 127 Å². The molecule has 0 amide bonds. The van der Waals surface area contributed by atoms with Crippen LogP contribution in [0.15, 0.2) is 24.3 Å². The molecule has 116 valence electrons. The standard InChI is InChI=1S/C18H27FN2/c19-16-8-10-18(11-9-16)21-12-4-7-17(14-21)20-13-15-5-2-1-3-6-15/h8-11,15,17,20H,1-7,12-14H2. The molecule has 1 aliphatic heterocycles. The fraction of sp³-hybridized carbons (Fsp3) is 0.667. The molecule has 0 bridgehead atoms. The van der Waals surface area contributed by atoms with Gasteiger partial charge in [0.05, 0.1) is 0 Å². The summed E-state index contributed by atoms with van der Waals surface area (Å²) in [6, 6.07) is 7.52. The van der Waals surface area contributed by atoms with E-state index in [1.54, 1.807) is 12.1 Å². The van der Waals surface area contributed by atoms with Crippen molar-refractivity contribution in [2.24, 2.45) is 5.92 Å². The molecule has 2 aliphatic rings. The van der Waals surface area contributed by atoms with Crippen LogP contribution in [0.1, 0.15) is 44.9 Å². The van der Waals surface area contributed by atoms with Crippen LogP contribution >= 0.6 is 0 Å². The third-order valence-corrected chi connectivity index (χ3v) is 5.03. The van der Waals surface area contributed by atoms with Crippen molar-refractivity contribution < 1.29 is 4.39 Å². The minimum atomic E-state index is -0.150. The summed E-state index contributed by atoms with van der Waals surface area (Å²) in [5.41, 5.74) is 1.15. The molecule has 0 spiro atoms. The zero-order valence-electron chi connectivity index (χ0n) is 12.9. The molecule has 1 heterocycles. The molecular formula is C18H27FN2. The van der Waals surface area contributed by atoms with Gasteiger partial charge in [0.2, 0.25) is 0 Å². The number of nitrogens with zero attached hydrogens (tertiary/aromatic N) is 1. The van der Waals surface area contributed by atoms with E-state index >= 15 is 0 Å². The van der Waals surface area contributed by atoms with Crippen molar-refractivity contribution in [3.63, 3.8) is 0 Å². The first-order valence-corrected chi connectivity index (χ1v) is 8.55. The summed E-state index contributed by atoms with van der Waals surface area (Å²) in [5.74, 6) is 0.739. The first-order chi connectivity index (χ1) is 10.3. The van der Waals surface area contributed by atoms with Gasteiger partial charge in [-0.25, -0.2) is 4.39 Å². The summed E-state index contributed by atoms with van der Waals surface area (Å²) >= 11 is 0. The zero-order chi connectivity index (χ0) is 14.5. The molecule has 1 aromatic rings. The van der Waals surface area contributed by atoms with E-state index in [2.05, 4.69) is 10.2 Å². The van der Waals surface area contributed by atoms with E-state index in [-0.39, 0.29) is 5.82 Å². The molecule has 1 aromatic carbocycles. The molecular weight excluding hydrogens is 263 g/mol. The average molecular weight is 290 g/mol. The molecule has 3 heteroatoms. The molecule has 0 radical (unpaired) electrons. The van der Waals surface area contributed by atoms with Crippen LogP contribution in [0.5, 0.6) is 0 Å². The van der Waals surface area contributed by atoms with Crippen LogP contribution in [-0.4, -0.2) is 25.7 Å². The highest BCUT2D eigenvalue weighted by molar-refractivity contribution is 5.46. The van der Waals surface area contributed by atoms with Gasteiger partial charge in [-0.2, -0.15) is 0 Å². The molecule has 1 aliphatic carbocycles. The quantitative estimate of drug-likeness (QED) is 0.903. The number of benzene rings is 1. The van der Waals surface area contributed by atoms with Crippen molar-refractivity contribution in [1.82, 2.24) is 5.32 Å². The highest BCUT2D eigenvalue weighted by Crippen LogP contribution is 2.24. The summed E-state index contributed by atoms with van der Waals surface area (Å²) in [7, 11) is 0. The first-order valence-electron chi connectivity index (χ1n) is 8.55. The maximum Gasteiger partial charge on any atom is 0.123 e. The van der Waals surface area contributed by atoms with Crippen molar-refractivity contribution >= 4 is 5.69 Å². The normalized spacial score (nSPS) is 24.2. The molecule has 1 N–H and O–H groups in total. The Morgan fingerprint density at radius 3 is 2.52 bits per heavy atom. The third-order valence-electron chi connectivity index (χ3n) is 5.03. The van der Waals surface area contributed by atoms with Gasteiger partial charge in [-0.1, -0.05) is 19.3 Å². The van der Waals surface area contributed by atoms with Crippen LogP contribution in [0.4, 0.5) is 10.1 Å². The molecule has 0 aromatic heterocycles. The van der Waals surface area contributed by atoms with Gasteiger partial charge in [-0.15, -0.1) is 0 Å². The van der Waals surface area contributed by atoms with Gasteiger partial charge in [-0.05, 0) is 62.4 Å². The zero-order valence-corrected chi connectivity index (χ0v) is 12.9. The first kappa shape index (κ1) is 14.8. The van der Waals surface area contributed by atoms with E-state index in [4.69, 9.17) is 0 Å². The highest BCUT2D eigenvalue weighted by Gasteiger charge is 2.21. The topological polar surface area (TPSA) is 15.3 Å². The Morgan fingerprint density at radius 2 is 1.76 bits per heavy atom.